The van der Waals surface area contributed by atoms with Crippen molar-refractivity contribution in [3.63, 3.8) is 0 Å². The zero-order chi connectivity index (χ0) is 34.5. The molecule has 0 aliphatic carbocycles. The van der Waals surface area contributed by atoms with Crippen LogP contribution >= 0.6 is 11.3 Å². The first-order chi connectivity index (χ1) is 21.9. The van der Waals surface area contributed by atoms with E-state index in [0.717, 1.165) is 24.3 Å². The number of amides is 2. The lowest BCUT2D eigenvalue weighted by Crippen LogP contribution is -2.18. The van der Waals surface area contributed by atoms with Gasteiger partial charge in [-0.2, -0.15) is 26.3 Å². The average Bonchev–Trinajstić information content (AvgIpc) is 3.63. The molecule has 0 spiro atoms. The second kappa shape index (κ2) is 12.0. The van der Waals surface area contributed by atoms with Crippen LogP contribution in [0.3, 0.4) is 0 Å². The van der Waals surface area contributed by atoms with Crippen molar-refractivity contribution in [2.24, 2.45) is 0 Å². The topological polar surface area (TPSA) is 114 Å². The molecule has 0 atom stereocenters. The molecule has 0 unspecified atom stereocenters. The molecule has 0 radical (unpaired) electrons. The number of halogens is 7. The zero-order valence-electron chi connectivity index (χ0n) is 24.4. The Morgan fingerprint density at radius 1 is 0.894 bits per heavy atom. The summed E-state index contributed by atoms with van der Waals surface area (Å²) in [4.78, 5) is 26.7. The fourth-order valence-electron chi connectivity index (χ4n) is 4.49. The number of carbonyl (C=O) groups excluding carboxylic acids is 2. The molecule has 2 heterocycles. The number of carbonyl (C=O) groups is 2. The summed E-state index contributed by atoms with van der Waals surface area (Å²) < 4.78 is 105. The van der Waals surface area contributed by atoms with Gasteiger partial charge in [-0.1, -0.05) is 11.2 Å². The van der Waals surface area contributed by atoms with Crippen molar-refractivity contribution in [2.75, 3.05) is 17.7 Å². The van der Waals surface area contributed by atoms with E-state index in [1.54, 1.807) is 6.07 Å². The third-order valence-electron chi connectivity index (χ3n) is 6.84. The number of alkyl halides is 6. The van der Waals surface area contributed by atoms with E-state index < -0.39 is 52.4 Å². The fraction of sp³-hybridized carbons (Fsp3) is 0.194. The van der Waals surface area contributed by atoms with Crippen LogP contribution in [0, 0.1) is 5.82 Å². The number of rotatable bonds is 7. The third kappa shape index (κ3) is 6.92. The van der Waals surface area contributed by atoms with E-state index in [-0.39, 0.29) is 43.4 Å². The van der Waals surface area contributed by atoms with Gasteiger partial charge in [0.25, 0.3) is 11.8 Å². The van der Waals surface area contributed by atoms with E-state index in [9.17, 15) is 45.4 Å². The van der Waals surface area contributed by atoms with Gasteiger partial charge in [0, 0.05) is 27.4 Å². The van der Waals surface area contributed by atoms with Crippen molar-refractivity contribution in [2.45, 2.75) is 31.8 Å². The monoisotopic (exact) mass is 681 g/mol. The minimum Gasteiger partial charge on any atom is -0.496 e. The highest BCUT2D eigenvalue weighted by Crippen LogP contribution is 2.41. The number of benzene rings is 3. The van der Waals surface area contributed by atoms with Crippen LogP contribution in [-0.2, 0) is 18.0 Å². The molecule has 5 aromatic rings. The molecule has 3 N–H and O–H groups in total. The fourth-order valence-corrected chi connectivity index (χ4v) is 5.58. The lowest BCUT2D eigenvalue weighted by atomic mass is 10.0. The minimum atomic E-state index is -5.08. The molecule has 8 nitrogen and oxygen atoms in total. The molecule has 2 amide bonds. The molecule has 3 aromatic carbocycles. The first kappa shape index (κ1) is 33.4. The summed E-state index contributed by atoms with van der Waals surface area (Å²) in [6.07, 6.45) is -9.82. The quantitative estimate of drug-likeness (QED) is 0.149. The second-order valence-electron chi connectivity index (χ2n) is 10.7. The van der Waals surface area contributed by atoms with Gasteiger partial charge in [0.1, 0.15) is 27.7 Å². The minimum absolute atomic E-state index is 0.0260. The molecule has 16 heteroatoms. The Morgan fingerprint density at radius 2 is 1.62 bits per heavy atom. The predicted octanol–water partition coefficient (Wildman–Crippen LogP) is 8.47. The maximum Gasteiger partial charge on any atom is 0.419 e. The van der Waals surface area contributed by atoms with Crippen molar-refractivity contribution in [1.29, 1.82) is 0 Å². The molecule has 0 aliphatic rings. The number of nitrogens with zero attached hydrogens (tertiary/aromatic N) is 1. The molecule has 0 saturated carbocycles. The number of hydrogen-bond acceptors (Lipinski definition) is 7. The molecule has 246 valence electrons. The van der Waals surface area contributed by atoms with Gasteiger partial charge in [-0.3, -0.25) is 9.59 Å². The maximum absolute atomic E-state index is 13.8. The van der Waals surface area contributed by atoms with Gasteiger partial charge in [-0.15, -0.1) is 11.3 Å². The van der Waals surface area contributed by atoms with Crippen LogP contribution in [0.15, 0.2) is 65.2 Å². The van der Waals surface area contributed by atoms with Crippen molar-refractivity contribution < 1.29 is 54.7 Å². The molecule has 2 aromatic heterocycles. The molecule has 0 fully saturated rings. The molecular formula is C31H22F7N3O5S. The number of anilines is 2. The van der Waals surface area contributed by atoms with Crippen LogP contribution in [-0.4, -0.2) is 29.2 Å². The molecule has 47 heavy (non-hydrogen) atoms. The Bertz CT molecular complexity index is 2010. The predicted molar refractivity (Wildman–Crippen MR) is 158 cm³/mol. The summed E-state index contributed by atoms with van der Waals surface area (Å²) in [5.74, 6) is -3.34. The van der Waals surface area contributed by atoms with Crippen molar-refractivity contribution in [3.05, 3.63) is 93.8 Å². The van der Waals surface area contributed by atoms with E-state index in [4.69, 9.17) is 9.26 Å². The van der Waals surface area contributed by atoms with Crippen molar-refractivity contribution in [3.8, 4) is 17.0 Å². The van der Waals surface area contributed by atoms with E-state index in [1.165, 1.54) is 39.2 Å². The van der Waals surface area contributed by atoms with Crippen LogP contribution in [0.4, 0.5) is 42.1 Å². The van der Waals surface area contributed by atoms with E-state index >= 15 is 0 Å². The SMILES string of the molecule is COc1ccc(-c2cc(C(C)(C)O)on2)cc1C(=O)Nc1c(C(=O)Nc2ccc(F)c(C(F)(F)F)c2)sc2cc(C(F)(F)F)ccc12. The molecule has 0 saturated heterocycles. The van der Waals surface area contributed by atoms with Crippen LogP contribution in [0.2, 0.25) is 0 Å². The molecule has 5 rings (SSSR count). The van der Waals surface area contributed by atoms with E-state index in [0.29, 0.717) is 29.0 Å². The Balaban J connectivity index is 1.56. The van der Waals surface area contributed by atoms with Crippen LogP contribution in [0.25, 0.3) is 21.3 Å². The first-order valence-corrected chi connectivity index (χ1v) is 14.2. The second-order valence-corrected chi connectivity index (χ2v) is 11.7. The Morgan fingerprint density at radius 3 is 2.23 bits per heavy atom. The summed E-state index contributed by atoms with van der Waals surface area (Å²) in [7, 11) is 1.28. The van der Waals surface area contributed by atoms with Gasteiger partial charge in [0.15, 0.2) is 5.76 Å². The standard InChI is InChI=1S/C31H22F7N3O5S/c1-29(2,44)24-13-21(41-46-24)14-4-9-22(45-3)18(10-14)27(42)40-25-17-7-5-15(30(33,34)35)11-23(17)47-26(25)28(43)39-16-6-8-20(32)19(12-16)31(36,37)38/h4-13,44H,1-3H3,(H,39,43)(H,40,42). The highest BCUT2D eigenvalue weighted by Gasteiger charge is 2.35. The summed E-state index contributed by atoms with van der Waals surface area (Å²) in [6, 6.07) is 10.1. The number of aliphatic hydroxyl groups is 1. The molecular weight excluding hydrogens is 659 g/mol. The summed E-state index contributed by atoms with van der Waals surface area (Å²) in [5.41, 5.74) is -4.24. The summed E-state index contributed by atoms with van der Waals surface area (Å²) in [6.45, 7) is 2.96. The number of hydrogen-bond donors (Lipinski definition) is 3. The van der Waals surface area contributed by atoms with Crippen LogP contribution in [0.5, 0.6) is 5.75 Å². The Kier molecular flexibility index (Phi) is 8.53. The Hall–Kier alpha value is -4.96. The lowest BCUT2D eigenvalue weighted by Gasteiger charge is -2.13. The number of fused-ring (bicyclic) bond motifs is 1. The molecule has 0 bridgehead atoms. The summed E-state index contributed by atoms with van der Waals surface area (Å²) in [5, 5.41) is 18.9. The maximum atomic E-state index is 13.8. The highest BCUT2D eigenvalue weighted by molar-refractivity contribution is 7.21. The van der Waals surface area contributed by atoms with Crippen molar-refractivity contribution >= 4 is 44.6 Å². The molecule has 0 aliphatic heterocycles. The lowest BCUT2D eigenvalue weighted by molar-refractivity contribution is -0.140. The van der Waals surface area contributed by atoms with Gasteiger partial charge in [0.05, 0.1) is 29.5 Å². The number of ether oxygens (including phenoxy) is 1. The van der Waals surface area contributed by atoms with E-state index in [2.05, 4.69) is 15.8 Å². The normalized spacial score (nSPS) is 12.3. The van der Waals surface area contributed by atoms with E-state index in [1.807, 2.05) is 0 Å². The smallest absolute Gasteiger partial charge is 0.419 e. The zero-order valence-corrected chi connectivity index (χ0v) is 25.2. The highest BCUT2D eigenvalue weighted by atomic mass is 32.1. The number of thiophene rings is 1. The van der Waals surface area contributed by atoms with Gasteiger partial charge in [-0.25, -0.2) is 4.39 Å². The van der Waals surface area contributed by atoms with Gasteiger partial charge in [0.2, 0.25) is 0 Å². The number of methoxy groups -OCH3 is 1. The van der Waals surface area contributed by atoms with Gasteiger partial charge >= 0.3 is 12.4 Å². The largest absolute Gasteiger partial charge is 0.496 e. The van der Waals surface area contributed by atoms with Crippen LogP contribution in [0.1, 0.15) is 50.8 Å². The van der Waals surface area contributed by atoms with Gasteiger partial charge < -0.3 is 25.0 Å². The average molecular weight is 682 g/mol. The van der Waals surface area contributed by atoms with Crippen molar-refractivity contribution in [1.82, 2.24) is 5.16 Å². The number of nitrogens with one attached hydrogen (secondary N) is 2. The third-order valence-corrected chi connectivity index (χ3v) is 8.00. The van der Waals surface area contributed by atoms with Gasteiger partial charge in [-0.05, 0) is 62.4 Å². The van der Waals surface area contributed by atoms with Crippen LogP contribution < -0.4 is 15.4 Å². The summed E-state index contributed by atoms with van der Waals surface area (Å²) >= 11 is 0.546. The number of aromatic nitrogens is 1. The first-order valence-electron chi connectivity index (χ1n) is 13.4. The Labute approximate surface area is 264 Å².